The molecule has 0 radical (unpaired) electrons. The summed E-state index contributed by atoms with van der Waals surface area (Å²) in [6.45, 7) is 11.4. The topological polar surface area (TPSA) is 67.4 Å². The SMILES string of the molecule is COc1ccc(/C=C2/NC(=O)NC2=O)cc1-c1cc2c(cc1C)C(C)(C)CCC2(C)C. The van der Waals surface area contributed by atoms with Crippen LogP contribution >= 0.6 is 0 Å². The molecule has 3 amide bonds. The molecule has 5 nitrogen and oxygen atoms in total. The predicted molar refractivity (Wildman–Crippen MR) is 123 cm³/mol. The van der Waals surface area contributed by atoms with E-state index >= 15 is 0 Å². The molecule has 2 aromatic carbocycles. The number of benzene rings is 2. The van der Waals surface area contributed by atoms with Crippen LogP contribution in [0.5, 0.6) is 5.75 Å². The smallest absolute Gasteiger partial charge is 0.326 e. The molecular weight excluding hydrogens is 388 g/mol. The van der Waals surface area contributed by atoms with E-state index in [-0.39, 0.29) is 16.5 Å². The Labute approximate surface area is 183 Å². The van der Waals surface area contributed by atoms with Gasteiger partial charge < -0.3 is 10.1 Å². The van der Waals surface area contributed by atoms with E-state index in [9.17, 15) is 9.59 Å². The van der Waals surface area contributed by atoms with Gasteiger partial charge in [-0.3, -0.25) is 10.1 Å². The van der Waals surface area contributed by atoms with Gasteiger partial charge in [-0.25, -0.2) is 4.79 Å². The first-order valence-electron chi connectivity index (χ1n) is 10.7. The van der Waals surface area contributed by atoms with E-state index in [0.29, 0.717) is 0 Å². The highest BCUT2D eigenvalue weighted by Crippen LogP contribution is 2.48. The van der Waals surface area contributed by atoms with Crippen molar-refractivity contribution >= 4 is 18.0 Å². The van der Waals surface area contributed by atoms with Gasteiger partial charge in [0.05, 0.1) is 7.11 Å². The monoisotopic (exact) mass is 418 g/mol. The molecule has 0 saturated carbocycles. The zero-order valence-electron chi connectivity index (χ0n) is 19.1. The molecule has 0 atom stereocenters. The number of carbonyl (C=O) groups is 2. The summed E-state index contributed by atoms with van der Waals surface area (Å²) in [5, 5.41) is 4.78. The zero-order valence-corrected chi connectivity index (χ0v) is 19.1. The van der Waals surface area contributed by atoms with Gasteiger partial charge >= 0.3 is 6.03 Å². The number of ether oxygens (including phenoxy) is 1. The fraction of sp³-hybridized carbons (Fsp3) is 0.385. The summed E-state index contributed by atoms with van der Waals surface area (Å²) in [6, 6.07) is 9.96. The fourth-order valence-corrected chi connectivity index (χ4v) is 4.69. The Morgan fingerprint density at radius 1 is 0.903 bits per heavy atom. The normalized spacial score (nSPS) is 20.3. The lowest BCUT2D eigenvalue weighted by Gasteiger charge is -2.42. The third kappa shape index (κ3) is 3.73. The maximum absolute atomic E-state index is 11.9. The molecule has 1 heterocycles. The number of aryl methyl sites for hydroxylation is 1. The minimum absolute atomic E-state index is 0.104. The first-order chi connectivity index (χ1) is 14.5. The van der Waals surface area contributed by atoms with Crippen molar-refractivity contribution in [3.8, 4) is 16.9 Å². The second kappa shape index (κ2) is 7.26. The van der Waals surface area contributed by atoms with Crippen molar-refractivity contribution in [2.24, 2.45) is 0 Å². The van der Waals surface area contributed by atoms with E-state index in [2.05, 4.69) is 57.4 Å². The molecule has 31 heavy (non-hydrogen) atoms. The Hall–Kier alpha value is -3.08. The quantitative estimate of drug-likeness (QED) is 0.532. The van der Waals surface area contributed by atoms with Crippen LogP contribution in [-0.2, 0) is 15.6 Å². The third-order valence-corrected chi connectivity index (χ3v) is 6.74. The van der Waals surface area contributed by atoms with E-state index in [0.717, 1.165) is 28.9 Å². The molecule has 2 N–H and O–H groups in total. The molecule has 0 bridgehead atoms. The van der Waals surface area contributed by atoms with Crippen molar-refractivity contribution < 1.29 is 14.3 Å². The molecule has 2 aliphatic rings. The van der Waals surface area contributed by atoms with Gasteiger partial charge in [-0.15, -0.1) is 0 Å². The van der Waals surface area contributed by atoms with Crippen molar-refractivity contribution in [2.45, 2.75) is 58.3 Å². The predicted octanol–water partition coefficient (Wildman–Crippen LogP) is 5.20. The van der Waals surface area contributed by atoms with Crippen LogP contribution in [0.15, 0.2) is 36.0 Å². The van der Waals surface area contributed by atoms with Crippen molar-refractivity contribution in [1.82, 2.24) is 10.6 Å². The Bertz CT molecular complexity index is 1130. The fourth-order valence-electron chi connectivity index (χ4n) is 4.69. The van der Waals surface area contributed by atoms with E-state index in [4.69, 9.17) is 4.74 Å². The highest BCUT2D eigenvalue weighted by atomic mass is 16.5. The molecule has 2 aromatic rings. The number of imide groups is 1. The number of fused-ring (bicyclic) bond motifs is 1. The maximum atomic E-state index is 11.9. The zero-order chi connectivity index (χ0) is 22.6. The van der Waals surface area contributed by atoms with Crippen LogP contribution in [0.4, 0.5) is 4.79 Å². The Morgan fingerprint density at radius 2 is 1.55 bits per heavy atom. The van der Waals surface area contributed by atoms with Crippen LogP contribution in [0.1, 0.15) is 62.8 Å². The number of hydrogen-bond acceptors (Lipinski definition) is 3. The lowest BCUT2D eigenvalue weighted by atomic mass is 9.62. The van der Waals surface area contributed by atoms with E-state index in [1.54, 1.807) is 13.2 Å². The standard InChI is InChI=1S/C26H30N2O3/c1-15-11-19-20(26(4,5)10-9-25(19,2)3)14-17(15)18-12-16(7-8-22(18)31-6)13-21-23(29)28-24(30)27-21/h7-8,11-14H,9-10H2,1-6H3,(H2,27,28,29,30)/b21-13+. The van der Waals surface area contributed by atoms with Crippen molar-refractivity contribution in [1.29, 1.82) is 0 Å². The highest BCUT2D eigenvalue weighted by molar-refractivity contribution is 6.14. The summed E-state index contributed by atoms with van der Waals surface area (Å²) >= 11 is 0. The number of methoxy groups -OCH3 is 1. The van der Waals surface area contributed by atoms with Crippen molar-refractivity contribution in [3.63, 3.8) is 0 Å². The van der Waals surface area contributed by atoms with Crippen LogP contribution in [0.2, 0.25) is 0 Å². The number of carbonyl (C=O) groups excluding carboxylic acids is 2. The van der Waals surface area contributed by atoms with E-state index in [1.807, 2.05) is 18.2 Å². The van der Waals surface area contributed by atoms with Crippen LogP contribution in [-0.4, -0.2) is 19.0 Å². The number of urea groups is 1. The number of rotatable bonds is 3. The Kier molecular flexibility index (Phi) is 4.95. The van der Waals surface area contributed by atoms with Crippen LogP contribution in [0.25, 0.3) is 17.2 Å². The lowest BCUT2D eigenvalue weighted by molar-refractivity contribution is -0.115. The molecule has 4 rings (SSSR count). The van der Waals surface area contributed by atoms with Crippen molar-refractivity contribution in [3.05, 3.63) is 58.3 Å². The largest absolute Gasteiger partial charge is 0.496 e. The average molecular weight is 419 g/mol. The van der Waals surface area contributed by atoms with Crippen LogP contribution in [0, 0.1) is 6.92 Å². The maximum Gasteiger partial charge on any atom is 0.326 e. The van der Waals surface area contributed by atoms with E-state index < -0.39 is 11.9 Å². The van der Waals surface area contributed by atoms with Crippen LogP contribution < -0.4 is 15.4 Å². The lowest BCUT2D eigenvalue weighted by Crippen LogP contribution is -2.34. The second-order valence-corrected chi connectivity index (χ2v) is 9.91. The Balaban J connectivity index is 1.87. The third-order valence-electron chi connectivity index (χ3n) is 6.74. The minimum Gasteiger partial charge on any atom is -0.496 e. The van der Waals surface area contributed by atoms with E-state index in [1.165, 1.54) is 23.1 Å². The van der Waals surface area contributed by atoms with Gasteiger partial charge in [0.25, 0.3) is 5.91 Å². The molecule has 1 fully saturated rings. The summed E-state index contributed by atoms with van der Waals surface area (Å²) in [5.74, 6) is 0.356. The molecule has 162 valence electrons. The molecule has 0 spiro atoms. The molecule has 1 aliphatic carbocycles. The minimum atomic E-state index is -0.500. The van der Waals surface area contributed by atoms with Gasteiger partial charge in [-0.1, -0.05) is 39.8 Å². The van der Waals surface area contributed by atoms with Gasteiger partial charge in [0.2, 0.25) is 0 Å². The second-order valence-electron chi connectivity index (χ2n) is 9.91. The summed E-state index contributed by atoms with van der Waals surface area (Å²) in [4.78, 5) is 23.4. The average Bonchev–Trinajstić information content (AvgIpc) is 3.02. The van der Waals surface area contributed by atoms with Gasteiger partial charge in [0.1, 0.15) is 11.4 Å². The number of nitrogens with one attached hydrogen (secondary N) is 2. The molecule has 1 aliphatic heterocycles. The van der Waals surface area contributed by atoms with Gasteiger partial charge in [0, 0.05) is 5.56 Å². The van der Waals surface area contributed by atoms with Crippen LogP contribution in [0.3, 0.4) is 0 Å². The van der Waals surface area contributed by atoms with Gasteiger partial charge in [-0.2, -0.15) is 0 Å². The summed E-state index contributed by atoms with van der Waals surface area (Å²) in [5.41, 5.74) is 7.42. The summed E-state index contributed by atoms with van der Waals surface area (Å²) in [7, 11) is 1.67. The van der Waals surface area contributed by atoms with Crippen molar-refractivity contribution in [2.75, 3.05) is 7.11 Å². The number of amides is 3. The molecular formula is C26H30N2O3. The first-order valence-corrected chi connectivity index (χ1v) is 10.7. The summed E-state index contributed by atoms with van der Waals surface area (Å²) < 4.78 is 5.69. The first kappa shape index (κ1) is 21.2. The molecule has 0 unspecified atom stereocenters. The van der Waals surface area contributed by atoms with Gasteiger partial charge in [0.15, 0.2) is 0 Å². The Morgan fingerprint density at radius 3 is 2.13 bits per heavy atom. The molecule has 5 heteroatoms. The molecule has 0 aromatic heterocycles. The number of hydrogen-bond donors (Lipinski definition) is 2. The summed E-state index contributed by atoms with van der Waals surface area (Å²) in [6.07, 6.45) is 4.00. The highest BCUT2D eigenvalue weighted by Gasteiger charge is 2.37. The molecule has 1 saturated heterocycles. The van der Waals surface area contributed by atoms with Gasteiger partial charge in [-0.05, 0) is 82.7 Å².